The van der Waals surface area contributed by atoms with Crippen LogP contribution in [0.4, 0.5) is 0 Å². The molecule has 27 heavy (non-hydrogen) atoms. The zero-order chi connectivity index (χ0) is 19.1. The Morgan fingerprint density at radius 3 is 2.11 bits per heavy atom. The maximum absolute atomic E-state index is 11.2. The maximum Gasteiger partial charge on any atom is 0.338 e. The minimum Gasteiger partial charge on any atom is -0.478 e. The SMILES string of the molecule is C1=CC2CCC1C2.N=C1C2=Cc3ccccc3C2=CC(C(=O)O)=C1C(=O)O. The standard InChI is InChI=1S/C15H9NO4.C7H10/c16-13-10-5-7-3-1-2-4-8(7)9(10)6-11(14(17)18)12(13)15(19)20;1-2-7-4-3-6(1)5-7/h1-6,16H,(H,17,18)(H,19,20);1-2,6-7H,3-5H2. The Labute approximate surface area is 156 Å². The molecule has 136 valence electrons. The molecule has 0 amide bonds. The Kier molecular flexibility index (Phi) is 4.15. The lowest BCUT2D eigenvalue weighted by molar-refractivity contribution is -0.135. The van der Waals surface area contributed by atoms with E-state index in [1.54, 1.807) is 6.08 Å². The zero-order valence-corrected chi connectivity index (χ0v) is 14.6. The molecule has 0 aromatic heterocycles. The van der Waals surface area contributed by atoms with Gasteiger partial charge in [0.2, 0.25) is 0 Å². The molecule has 5 rings (SSSR count). The van der Waals surface area contributed by atoms with E-state index < -0.39 is 17.5 Å². The molecular formula is C22H19NO4. The second kappa shape index (κ2) is 6.50. The number of carboxylic acid groups (broad SMARTS) is 2. The summed E-state index contributed by atoms with van der Waals surface area (Å²) in [5, 5.41) is 26.3. The van der Waals surface area contributed by atoms with Gasteiger partial charge in [-0.3, -0.25) is 5.41 Å². The smallest absolute Gasteiger partial charge is 0.338 e. The number of rotatable bonds is 2. The van der Waals surface area contributed by atoms with Gasteiger partial charge < -0.3 is 10.2 Å². The first-order valence-electron chi connectivity index (χ1n) is 8.97. The Bertz CT molecular complexity index is 981. The van der Waals surface area contributed by atoms with Gasteiger partial charge in [0.15, 0.2) is 0 Å². The normalized spacial score (nSPS) is 23.9. The molecule has 4 aliphatic rings. The van der Waals surface area contributed by atoms with Gasteiger partial charge in [0.25, 0.3) is 0 Å². The van der Waals surface area contributed by atoms with E-state index in [1.165, 1.54) is 25.3 Å². The van der Waals surface area contributed by atoms with Crippen molar-refractivity contribution in [3.05, 3.63) is 70.3 Å². The summed E-state index contributed by atoms with van der Waals surface area (Å²) < 4.78 is 0. The molecule has 5 nitrogen and oxygen atoms in total. The Morgan fingerprint density at radius 2 is 1.59 bits per heavy atom. The largest absolute Gasteiger partial charge is 0.478 e. The van der Waals surface area contributed by atoms with Crippen LogP contribution in [0.2, 0.25) is 0 Å². The Hall–Kier alpha value is -3.21. The highest BCUT2D eigenvalue weighted by Crippen LogP contribution is 2.41. The van der Waals surface area contributed by atoms with Gasteiger partial charge in [-0.15, -0.1) is 0 Å². The average molecular weight is 361 g/mol. The molecule has 0 aliphatic heterocycles. The van der Waals surface area contributed by atoms with Crippen molar-refractivity contribution < 1.29 is 19.8 Å². The van der Waals surface area contributed by atoms with Crippen LogP contribution in [-0.4, -0.2) is 27.9 Å². The Morgan fingerprint density at radius 1 is 0.926 bits per heavy atom. The maximum atomic E-state index is 11.2. The number of carbonyl (C=O) groups is 2. The summed E-state index contributed by atoms with van der Waals surface area (Å²) in [7, 11) is 0. The van der Waals surface area contributed by atoms with Gasteiger partial charge in [-0.1, -0.05) is 36.4 Å². The van der Waals surface area contributed by atoms with Crippen LogP contribution >= 0.6 is 0 Å². The van der Waals surface area contributed by atoms with Crippen LogP contribution in [0.1, 0.15) is 30.4 Å². The van der Waals surface area contributed by atoms with E-state index in [9.17, 15) is 9.59 Å². The number of hydrogen-bond donors (Lipinski definition) is 3. The molecule has 2 unspecified atom stereocenters. The lowest BCUT2D eigenvalue weighted by Crippen LogP contribution is -2.22. The number of nitrogens with one attached hydrogen (secondary N) is 1. The quantitative estimate of drug-likeness (QED) is 0.695. The molecule has 4 aliphatic carbocycles. The van der Waals surface area contributed by atoms with E-state index in [-0.39, 0.29) is 11.3 Å². The van der Waals surface area contributed by atoms with Gasteiger partial charge in [0, 0.05) is 5.57 Å². The lowest BCUT2D eigenvalue weighted by Gasteiger charge is -2.17. The third-order valence-corrected chi connectivity index (χ3v) is 5.53. The van der Waals surface area contributed by atoms with E-state index >= 15 is 0 Å². The predicted molar refractivity (Wildman–Crippen MR) is 102 cm³/mol. The van der Waals surface area contributed by atoms with E-state index in [2.05, 4.69) is 12.2 Å². The van der Waals surface area contributed by atoms with Crippen molar-refractivity contribution in [2.45, 2.75) is 19.3 Å². The molecule has 1 saturated carbocycles. The van der Waals surface area contributed by atoms with Gasteiger partial charge in [-0.2, -0.15) is 0 Å². The van der Waals surface area contributed by atoms with E-state index in [0.29, 0.717) is 11.1 Å². The van der Waals surface area contributed by atoms with Crippen LogP contribution in [-0.2, 0) is 9.59 Å². The van der Waals surface area contributed by atoms with Crippen molar-refractivity contribution in [2.75, 3.05) is 0 Å². The van der Waals surface area contributed by atoms with Crippen LogP contribution in [0.25, 0.3) is 11.6 Å². The van der Waals surface area contributed by atoms with Crippen molar-refractivity contribution in [3.63, 3.8) is 0 Å². The molecule has 2 atom stereocenters. The second-order valence-corrected chi connectivity index (χ2v) is 7.20. The topological polar surface area (TPSA) is 98.5 Å². The molecule has 3 N–H and O–H groups in total. The fourth-order valence-electron chi connectivity index (χ4n) is 4.20. The van der Waals surface area contributed by atoms with E-state index in [0.717, 1.165) is 23.0 Å². The van der Waals surface area contributed by atoms with Gasteiger partial charge >= 0.3 is 11.9 Å². The van der Waals surface area contributed by atoms with Gasteiger partial charge in [-0.25, -0.2) is 9.59 Å². The van der Waals surface area contributed by atoms with E-state index in [1.807, 2.05) is 24.3 Å². The van der Waals surface area contributed by atoms with Crippen molar-refractivity contribution >= 4 is 29.3 Å². The van der Waals surface area contributed by atoms with Crippen LogP contribution in [0.3, 0.4) is 0 Å². The fraction of sp³-hybridized carbons (Fsp3) is 0.227. The van der Waals surface area contributed by atoms with Crippen LogP contribution in [0, 0.1) is 17.2 Å². The summed E-state index contributed by atoms with van der Waals surface area (Å²) in [6, 6.07) is 7.32. The molecule has 1 aromatic carbocycles. The van der Waals surface area contributed by atoms with Crippen LogP contribution < -0.4 is 0 Å². The highest BCUT2D eigenvalue weighted by Gasteiger charge is 2.34. The summed E-state index contributed by atoms with van der Waals surface area (Å²) in [4.78, 5) is 22.5. The van der Waals surface area contributed by atoms with Crippen molar-refractivity contribution in [3.8, 4) is 0 Å². The highest BCUT2D eigenvalue weighted by atomic mass is 16.4. The molecule has 0 heterocycles. The summed E-state index contributed by atoms with van der Waals surface area (Å²) in [6.45, 7) is 0. The first-order valence-corrected chi connectivity index (χ1v) is 8.97. The molecule has 0 spiro atoms. The minimum absolute atomic E-state index is 0.261. The summed E-state index contributed by atoms with van der Waals surface area (Å²) in [5.41, 5.74) is 1.63. The average Bonchev–Trinajstić information content (AvgIpc) is 3.37. The molecule has 0 saturated heterocycles. The number of allylic oxidation sites excluding steroid dienone is 4. The minimum atomic E-state index is -1.40. The number of benzene rings is 1. The summed E-state index contributed by atoms with van der Waals surface area (Å²) in [6.07, 6.45) is 12.2. The van der Waals surface area contributed by atoms with Gasteiger partial charge in [0.05, 0.1) is 16.9 Å². The molecule has 1 aromatic rings. The predicted octanol–water partition coefficient (Wildman–Crippen LogP) is 3.94. The van der Waals surface area contributed by atoms with Gasteiger partial charge in [0.1, 0.15) is 0 Å². The zero-order valence-electron chi connectivity index (χ0n) is 14.6. The van der Waals surface area contributed by atoms with Gasteiger partial charge in [-0.05, 0) is 60.0 Å². The first kappa shape index (κ1) is 17.2. The monoisotopic (exact) mass is 361 g/mol. The van der Waals surface area contributed by atoms with Crippen LogP contribution in [0.15, 0.2) is 59.2 Å². The lowest BCUT2D eigenvalue weighted by atomic mass is 9.86. The highest BCUT2D eigenvalue weighted by molar-refractivity contribution is 6.37. The molecular weight excluding hydrogens is 342 g/mol. The number of aliphatic carboxylic acids is 2. The Balaban J connectivity index is 0.000000213. The first-order chi connectivity index (χ1) is 13.0. The molecule has 0 radical (unpaired) electrons. The third-order valence-electron chi connectivity index (χ3n) is 5.53. The summed E-state index contributed by atoms with van der Waals surface area (Å²) >= 11 is 0. The van der Waals surface area contributed by atoms with Crippen LogP contribution in [0.5, 0.6) is 0 Å². The number of fused-ring (bicyclic) bond motifs is 5. The number of hydrogen-bond acceptors (Lipinski definition) is 3. The fourth-order valence-corrected chi connectivity index (χ4v) is 4.20. The number of carboxylic acids is 2. The molecule has 1 fully saturated rings. The van der Waals surface area contributed by atoms with Crippen molar-refractivity contribution in [1.29, 1.82) is 5.41 Å². The summed E-state index contributed by atoms with van der Waals surface area (Å²) in [5.74, 6) is -0.766. The van der Waals surface area contributed by atoms with E-state index in [4.69, 9.17) is 15.6 Å². The molecule has 5 heteroatoms. The second-order valence-electron chi connectivity index (χ2n) is 7.20. The van der Waals surface area contributed by atoms with Crippen molar-refractivity contribution in [2.24, 2.45) is 11.8 Å². The third kappa shape index (κ3) is 2.95. The molecule has 2 bridgehead atoms. The van der Waals surface area contributed by atoms with Crippen molar-refractivity contribution in [1.82, 2.24) is 0 Å².